The smallest absolute Gasteiger partial charge is 0.0440 e. The van der Waals surface area contributed by atoms with E-state index in [2.05, 4.69) is 182 Å². The maximum atomic E-state index is 2.44. The Morgan fingerprint density at radius 3 is 1.41 bits per heavy atom. The van der Waals surface area contributed by atoms with E-state index in [4.69, 9.17) is 0 Å². The average Bonchev–Trinajstić information content (AvgIpc) is 3.81. The van der Waals surface area contributed by atoms with Crippen LogP contribution in [-0.4, -0.2) is 0 Å². The molecule has 0 unspecified atom stereocenters. The Labute approximate surface area is 330 Å². The molecule has 2 heteroatoms. The van der Waals surface area contributed by atoms with Gasteiger partial charge in [-0.15, -0.1) is 22.7 Å². The largest absolute Gasteiger partial charge is 0.135 e. The van der Waals surface area contributed by atoms with Crippen molar-refractivity contribution < 1.29 is 0 Å². The quantitative estimate of drug-likeness (QED) is 0.122. The molecule has 13 aromatic rings. The van der Waals surface area contributed by atoms with Crippen LogP contribution in [0, 0.1) is 0 Å². The lowest BCUT2D eigenvalue weighted by molar-refractivity contribution is 1.70. The van der Waals surface area contributed by atoms with E-state index in [1.807, 2.05) is 22.7 Å². The summed E-state index contributed by atoms with van der Waals surface area (Å²) in [4.78, 5) is 0. The Hall–Kier alpha value is -6.58. The highest BCUT2D eigenvalue weighted by molar-refractivity contribution is 7.27. The van der Waals surface area contributed by atoms with E-state index in [1.165, 1.54) is 127 Å². The van der Waals surface area contributed by atoms with E-state index in [1.54, 1.807) is 0 Å². The Morgan fingerprint density at radius 2 is 0.696 bits per heavy atom. The third kappa shape index (κ3) is 4.46. The fraction of sp³-hybridized carbons (Fsp3) is 0. The van der Waals surface area contributed by atoms with Crippen LogP contribution in [0.1, 0.15) is 0 Å². The first-order valence-corrected chi connectivity index (χ1v) is 20.9. The third-order valence-corrected chi connectivity index (χ3v) is 14.5. The van der Waals surface area contributed by atoms with Crippen LogP contribution in [0.2, 0.25) is 0 Å². The molecule has 0 aliphatic rings. The Morgan fingerprint density at radius 1 is 0.232 bits per heavy atom. The predicted octanol–water partition coefficient (Wildman–Crippen LogP) is 16.7. The van der Waals surface area contributed by atoms with Gasteiger partial charge < -0.3 is 0 Å². The minimum atomic E-state index is 1.25. The van der Waals surface area contributed by atoms with Gasteiger partial charge in [-0.25, -0.2) is 0 Å². The van der Waals surface area contributed by atoms with Crippen LogP contribution in [0.25, 0.3) is 127 Å². The van der Waals surface area contributed by atoms with Crippen molar-refractivity contribution >= 4 is 128 Å². The lowest BCUT2D eigenvalue weighted by Gasteiger charge is -2.13. The zero-order valence-corrected chi connectivity index (χ0v) is 31.8. The molecular formula is C54H30S2. The lowest BCUT2D eigenvalue weighted by atomic mass is 9.91. The molecule has 0 aliphatic heterocycles. The minimum absolute atomic E-state index is 1.25. The topological polar surface area (TPSA) is 0 Å². The lowest BCUT2D eigenvalue weighted by Crippen LogP contribution is -1.85. The van der Waals surface area contributed by atoms with Crippen molar-refractivity contribution in [3.63, 3.8) is 0 Å². The first-order valence-electron chi connectivity index (χ1n) is 19.2. The number of hydrogen-bond acceptors (Lipinski definition) is 2. The summed E-state index contributed by atoms with van der Waals surface area (Å²) in [6, 6.07) is 68.5. The van der Waals surface area contributed by atoms with E-state index in [-0.39, 0.29) is 0 Å². The molecule has 0 saturated carbocycles. The average molecular weight is 743 g/mol. The molecular weight excluding hydrogens is 713 g/mol. The van der Waals surface area contributed by atoms with Crippen molar-refractivity contribution in [2.24, 2.45) is 0 Å². The zero-order chi connectivity index (χ0) is 36.5. The summed E-state index contributed by atoms with van der Waals surface area (Å²) < 4.78 is 5.36. The van der Waals surface area contributed by atoms with Gasteiger partial charge in [-0.2, -0.15) is 0 Å². The Balaban J connectivity index is 0.986. The molecule has 2 aromatic heterocycles. The van der Waals surface area contributed by atoms with Crippen LogP contribution < -0.4 is 0 Å². The number of rotatable bonds is 2. The van der Waals surface area contributed by atoms with Crippen molar-refractivity contribution in [2.75, 3.05) is 0 Å². The Kier molecular flexibility index (Phi) is 6.29. The number of thiophene rings is 2. The first-order chi connectivity index (χ1) is 27.7. The number of benzene rings is 11. The number of hydrogen-bond donors (Lipinski definition) is 0. The van der Waals surface area contributed by atoms with E-state index >= 15 is 0 Å². The van der Waals surface area contributed by atoms with Gasteiger partial charge in [-0.1, -0.05) is 121 Å². The molecule has 0 bridgehead atoms. The summed E-state index contributed by atoms with van der Waals surface area (Å²) in [5, 5.41) is 21.0. The van der Waals surface area contributed by atoms with Gasteiger partial charge in [0.05, 0.1) is 0 Å². The molecule has 0 nitrogen and oxygen atoms in total. The molecule has 56 heavy (non-hydrogen) atoms. The molecule has 11 aromatic carbocycles. The maximum Gasteiger partial charge on any atom is 0.0440 e. The highest BCUT2D eigenvalue weighted by Crippen LogP contribution is 2.46. The van der Waals surface area contributed by atoms with E-state index in [0.717, 1.165) is 0 Å². The summed E-state index contributed by atoms with van der Waals surface area (Å²) in [6.45, 7) is 0. The van der Waals surface area contributed by atoms with Crippen molar-refractivity contribution in [3.8, 4) is 22.3 Å². The summed E-state index contributed by atoms with van der Waals surface area (Å²) in [6.07, 6.45) is 0. The molecule has 0 radical (unpaired) electrons. The van der Waals surface area contributed by atoms with Gasteiger partial charge in [0.15, 0.2) is 0 Å². The third-order valence-electron chi connectivity index (χ3n) is 12.1. The van der Waals surface area contributed by atoms with Crippen molar-refractivity contribution in [2.45, 2.75) is 0 Å². The normalized spacial score (nSPS) is 12.3. The second kappa shape index (κ2) is 11.5. The molecule has 13 rings (SSSR count). The van der Waals surface area contributed by atoms with Gasteiger partial charge >= 0.3 is 0 Å². The van der Waals surface area contributed by atoms with Gasteiger partial charge in [-0.3, -0.25) is 0 Å². The second-order valence-electron chi connectivity index (χ2n) is 15.3. The van der Waals surface area contributed by atoms with Crippen LogP contribution in [-0.2, 0) is 0 Å². The van der Waals surface area contributed by atoms with Crippen LogP contribution in [0.5, 0.6) is 0 Å². The highest BCUT2D eigenvalue weighted by Gasteiger charge is 2.17. The van der Waals surface area contributed by atoms with Crippen molar-refractivity contribution in [1.29, 1.82) is 0 Å². The minimum Gasteiger partial charge on any atom is -0.135 e. The fourth-order valence-corrected chi connectivity index (χ4v) is 11.8. The van der Waals surface area contributed by atoms with Crippen LogP contribution in [0.3, 0.4) is 0 Å². The molecule has 0 atom stereocenters. The van der Waals surface area contributed by atoms with Gasteiger partial charge in [0.2, 0.25) is 0 Å². The summed E-state index contributed by atoms with van der Waals surface area (Å²) in [5.74, 6) is 0. The predicted molar refractivity (Wildman–Crippen MR) is 248 cm³/mol. The first kappa shape index (κ1) is 30.7. The van der Waals surface area contributed by atoms with Gasteiger partial charge in [-0.05, 0) is 142 Å². The molecule has 0 saturated heterocycles. The molecule has 0 fully saturated rings. The molecule has 0 N–H and O–H groups in total. The standard InChI is InChI=1S/C54H30S2/c1-2-8-32-24-40-25-35(13-14-36(40)23-31(32)7-1)38-16-21-50-48(28-38)49-29-39(17-22-51(49)55-50)37-15-18-44-46(26-37)42-12-6-5-11-41(42)43-19-20-45-47-27-33-9-3-4-10-34(33)30-52(47)56-54(45)53(43)44/h1-30H. The Bertz CT molecular complexity index is 3820. The van der Waals surface area contributed by atoms with Crippen molar-refractivity contribution in [3.05, 3.63) is 182 Å². The van der Waals surface area contributed by atoms with E-state index in [9.17, 15) is 0 Å². The zero-order valence-electron chi connectivity index (χ0n) is 30.1. The van der Waals surface area contributed by atoms with Crippen LogP contribution in [0.4, 0.5) is 0 Å². The highest BCUT2D eigenvalue weighted by atomic mass is 32.1. The monoisotopic (exact) mass is 742 g/mol. The summed E-state index contributed by atoms with van der Waals surface area (Å²) in [5.41, 5.74) is 5.00. The van der Waals surface area contributed by atoms with Gasteiger partial charge in [0.1, 0.15) is 0 Å². The number of fused-ring (bicyclic) bond motifs is 16. The summed E-state index contributed by atoms with van der Waals surface area (Å²) in [7, 11) is 0. The van der Waals surface area contributed by atoms with Gasteiger partial charge in [0, 0.05) is 45.7 Å². The maximum absolute atomic E-state index is 2.44. The van der Waals surface area contributed by atoms with E-state index < -0.39 is 0 Å². The molecule has 2 heterocycles. The molecule has 0 spiro atoms. The molecule has 0 aliphatic carbocycles. The molecule has 258 valence electrons. The van der Waals surface area contributed by atoms with Gasteiger partial charge in [0.25, 0.3) is 0 Å². The SMILES string of the molecule is c1ccc2cc3cc(-c4ccc5sc6ccc(-c7ccc8c(c7)c7ccccc7c7ccc9c%10cc%11ccccc%11cc%10sc9c78)cc6c5c4)ccc3cc2c1. The van der Waals surface area contributed by atoms with Crippen LogP contribution in [0.15, 0.2) is 182 Å². The fourth-order valence-electron chi connectivity index (χ4n) is 9.39. The van der Waals surface area contributed by atoms with E-state index in [0.29, 0.717) is 0 Å². The molecule has 0 amide bonds. The van der Waals surface area contributed by atoms with Crippen molar-refractivity contribution in [1.82, 2.24) is 0 Å². The second-order valence-corrected chi connectivity index (χ2v) is 17.4. The summed E-state index contributed by atoms with van der Waals surface area (Å²) >= 11 is 3.82. The van der Waals surface area contributed by atoms with Crippen LogP contribution >= 0.6 is 22.7 Å².